The maximum atomic E-state index is 11.3. The Hall–Kier alpha value is -2.00. The summed E-state index contributed by atoms with van der Waals surface area (Å²) in [7, 11) is 1.32. The summed E-state index contributed by atoms with van der Waals surface area (Å²) in [5, 5.41) is 3.21. The molecule has 0 saturated heterocycles. The Balaban J connectivity index is 2.44. The van der Waals surface area contributed by atoms with Crippen molar-refractivity contribution in [1.29, 1.82) is 0 Å². The first-order chi connectivity index (χ1) is 8.70. The molecule has 0 aliphatic rings. The molecule has 0 fully saturated rings. The number of methoxy groups -OCH3 is 1. The molecule has 0 aliphatic heterocycles. The van der Waals surface area contributed by atoms with Gasteiger partial charge in [-0.1, -0.05) is 48.0 Å². The number of carbonyl (C=O) groups excluding carboxylic acids is 1. The van der Waals surface area contributed by atoms with Crippen LogP contribution in [0.15, 0.2) is 48.5 Å². The van der Waals surface area contributed by atoms with Gasteiger partial charge in [-0.15, -0.1) is 0 Å². The van der Waals surface area contributed by atoms with E-state index in [1.807, 2.05) is 36.4 Å². The van der Waals surface area contributed by atoms with Crippen LogP contribution in [-0.2, 0) is 4.74 Å². The molecular formula is C14H12ClNO2. The molecule has 0 saturated carbocycles. The van der Waals surface area contributed by atoms with Gasteiger partial charge in [-0.05, 0) is 17.7 Å². The van der Waals surface area contributed by atoms with Gasteiger partial charge in [-0.25, -0.2) is 4.79 Å². The summed E-state index contributed by atoms with van der Waals surface area (Å²) in [6.07, 6.45) is -0.519. The predicted octanol–water partition coefficient (Wildman–Crippen LogP) is 4.19. The fraction of sp³-hybridized carbons (Fsp3) is 0.0714. The van der Waals surface area contributed by atoms with Crippen LogP contribution in [0.2, 0.25) is 5.02 Å². The number of hydrogen-bond acceptors (Lipinski definition) is 2. The lowest BCUT2D eigenvalue weighted by molar-refractivity contribution is 0.187. The second-order valence-electron chi connectivity index (χ2n) is 3.67. The molecule has 1 amide bonds. The molecule has 0 atom stereocenters. The molecule has 0 aromatic heterocycles. The number of rotatable bonds is 2. The summed E-state index contributed by atoms with van der Waals surface area (Å²) in [5.74, 6) is 0. The van der Waals surface area contributed by atoms with Gasteiger partial charge >= 0.3 is 6.09 Å². The highest BCUT2D eigenvalue weighted by Crippen LogP contribution is 2.30. The number of benzene rings is 2. The number of carbonyl (C=O) groups is 1. The highest BCUT2D eigenvalue weighted by molar-refractivity contribution is 6.31. The van der Waals surface area contributed by atoms with Crippen molar-refractivity contribution < 1.29 is 9.53 Å². The molecule has 2 aromatic carbocycles. The zero-order chi connectivity index (χ0) is 13.0. The van der Waals surface area contributed by atoms with Crippen LogP contribution in [0.1, 0.15) is 0 Å². The van der Waals surface area contributed by atoms with Gasteiger partial charge < -0.3 is 4.74 Å². The average molecular weight is 262 g/mol. The lowest BCUT2D eigenvalue weighted by Crippen LogP contribution is -2.11. The minimum atomic E-state index is -0.519. The van der Waals surface area contributed by atoms with Crippen LogP contribution in [0, 0.1) is 0 Å². The topological polar surface area (TPSA) is 38.3 Å². The van der Waals surface area contributed by atoms with Crippen LogP contribution in [-0.4, -0.2) is 13.2 Å². The monoisotopic (exact) mass is 261 g/mol. The number of halogens is 1. The van der Waals surface area contributed by atoms with Crippen molar-refractivity contribution in [2.24, 2.45) is 0 Å². The van der Waals surface area contributed by atoms with Crippen molar-refractivity contribution in [2.75, 3.05) is 12.4 Å². The first kappa shape index (κ1) is 12.5. The van der Waals surface area contributed by atoms with Gasteiger partial charge in [0.15, 0.2) is 0 Å². The van der Waals surface area contributed by atoms with Gasteiger partial charge in [0.25, 0.3) is 0 Å². The second kappa shape index (κ2) is 5.56. The van der Waals surface area contributed by atoms with Crippen molar-refractivity contribution in [2.45, 2.75) is 0 Å². The zero-order valence-electron chi connectivity index (χ0n) is 9.81. The van der Waals surface area contributed by atoms with E-state index >= 15 is 0 Å². The minimum absolute atomic E-state index is 0.519. The lowest BCUT2D eigenvalue weighted by Gasteiger charge is -2.11. The molecule has 3 nitrogen and oxygen atoms in total. The Labute approximate surface area is 110 Å². The molecule has 2 aromatic rings. The molecule has 92 valence electrons. The molecule has 0 heterocycles. The summed E-state index contributed by atoms with van der Waals surface area (Å²) in [4.78, 5) is 11.3. The number of hydrogen-bond donors (Lipinski definition) is 1. The molecule has 0 unspecified atom stereocenters. The van der Waals surface area contributed by atoms with Crippen molar-refractivity contribution in [3.05, 3.63) is 53.6 Å². The first-order valence-electron chi connectivity index (χ1n) is 5.40. The van der Waals surface area contributed by atoms with Crippen LogP contribution < -0.4 is 5.32 Å². The van der Waals surface area contributed by atoms with Crippen molar-refractivity contribution in [1.82, 2.24) is 0 Å². The molecule has 0 radical (unpaired) electrons. The van der Waals surface area contributed by atoms with Gasteiger partial charge in [-0.2, -0.15) is 0 Å². The zero-order valence-corrected chi connectivity index (χ0v) is 10.6. The summed E-state index contributed by atoms with van der Waals surface area (Å²) >= 11 is 5.94. The highest BCUT2D eigenvalue weighted by atomic mass is 35.5. The van der Waals surface area contributed by atoms with E-state index < -0.39 is 6.09 Å². The van der Waals surface area contributed by atoms with Crippen molar-refractivity contribution in [3.63, 3.8) is 0 Å². The SMILES string of the molecule is COC(=O)Nc1cc(Cl)ccc1-c1ccccc1. The fourth-order valence-corrected chi connectivity index (χ4v) is 1.82. The van der Waals surface area contributed by atoms with Gasteiger partial charge in [-0.3, -0.25) is 5.32 Å². The molecule has 4 heteroatoms. The van der Waals surface area contributed by atoms with Gasteiger partial charge in [0.2, 0.25) is 0 Å². The van der Waals surface area contributed by atoms with E-state index in [0.717, 1.165) is 11.1 Å². The number of amides is 1. The molecule has 0 aliphatic carbocycles. The Morgan fingerprint density at radius 3 is 2.56 bits per heavy atom. The van der Waals surface area contributed by atoms with Crippen molar-refractivity contribution in [3.8, 4) is 11.1 Å². The summed E-state index contributed by atoms with van der Waals surface area (Å²) in [5.41, 5.74) is 2.52. The van der Waals surface area contributed by atoms with E-state index in [-0.39, 0.29) is 0 Å². The highest BCUT2D eigenvalue weighted by Gasteiger charge is 2.09. The Bertz CT molecular complexity index is 555. The number of ether oxygens (including phenoxy) is 1. The Morgan fingerprint density at radius 1 is 1.17 bits per heavy atom. The molecule has 18 heavy (non-hydrogen) atoms. The third-order valence-electron chi connectivity index (χ3n) is 2.49. The van der Waals surface area contributed by atoms with Crippen LogP contribution in [0.3, 0.4) is 0 Å². The standard InChI is InChI=1S/C14H12ClNO2/c1-18-14(17)16-13-9-11(15)7-8-12(13)10-5-3-2-4-6-10/h2-9H,1H3,(H,16,17). The van der Waals surface area contributed by atoms with Crippen LogP contribution >= 0.6 is 11.6 Å². The second-order valence-corrected chi connectivity index (χ2v) is 4.11. The first-order valence-corrected chi connectivity index (χ1v) is 5.78. The molecule has 0 spiro atoms. The van der Waals surface area contributed by atoms with Gasteiger partial charge in [0.05, 0.1) is 12.8 Å². The van der Waals surface area contributed by atoms with Gasteiger partial charge in [0, 0.05) is 10.6 Å². The van der Waals surface area contributed by atoms with Crippen LogP contribution in [0.5, 0.6) is 0 Å². The summed E-state index contributed by atoms with van der Waals surface area (Å²) < 4.78 is 4.59. The molecule has 0 bridgehead atoms. The Morgan fingerprint density at radius 2 is 1.89 bits per heavy atom. The largest absolute Gasteiger partial charge is 0.453 e. The molecular weight excluding hydrogens is 250 g/mol. The normalized spacial score (nSPS) is 9.89. The fourth-order valence-electron chi connectivity index (χ4n) is 1.65. The molecule has 2 rings (SSSR count). The van der Waals surface area contributed by atoms with Gasteiger partial charge in [0.1, 0.15) is 0 Å². The van der Waals surface area contributed by atoms with E-state index in [2.05, 4.69) is 10.1 Å². The third kappa shape index (κ3) is 2.81. The quantitative estimate of drug-likeness (QED) is 0.880. The third-order valence-corrected chi connectivity index (χ3v) is 2.72. The maximum Gasteiger partial charge on any atom is 0.411 e. The summed E-state index contributed by atoms with van der Waals surface area (Å²) in [6, 6.07) is 15.1. The van der Waals surface area contributed by atoms with E-state index in [4.69, 9.17) is 11.6 Å². The van der Waals surface area contributed by atoms with E-state index in [1.54, 1.807) is 12.1 Å². The predicted molar refractivity (Wildman–Crippen MR) is 72.9 cm³/mol. The van der Waals surface area contributed by atoms with E-state index in [1.165, 1.54) is 7.11 Å². The Kier molecular flexibility index (Phi) is 3.85. The molecule has 1 N–H and O–H groups in total. The van der Waals surface area contributed by atoms with Crippen LogP contribution in [0.25, 0.3) is 11.1 Å². The average Bonchev–Trinajstić information content (AvgIpc) is 2.40. The van der Waals surface area contributed by atoms with E-state index in [9.17, 15) is 4.79 Å². The number of anilines is 1. The lowest BCUT2D eigenvalue weighted by atomic mass is 10.0. The van der Waals surface area contributed by atoms with Crippen molar-refractivity contribution >= 4 is 23.4 Å². The van der Waals surface area contributed by atoms with Crippen LogP contribution in [0.4, 0.5) is 10.5 Å². The maximum absolute atomic E-state index is 11.3. The smallest absolute Gasteiger partial charge is 0.411 e. The minimum Gasteiger partial charge on any atom is -0.453 e. The summed E-state index contributed by atoms with van der Waals surface area (Å²) in [6.45, 7) is 0. The number of nitrogens with one attached hydrogen (secondary N) is 1. The van der Waals surface area contributed by atoms with E-state index in [0.29, 0.717) is 10.7 Å².